The van der Waals surface area contributed by atoms with E-state index in [2.05, 4.69) is 20.1 Å². The van der Waals surface area contributed by atoms with E-state index in [1.807, 2.05) is 0 Å². The Morgan fingerprint density at radius 1 is 1.56 bits per heavy atom. The van der Waals surface area contributed by atoms with Gasteiger partial charge in [-0.15, -0.1) is 5.10 Å². The van der Waals surface area contributed by atoms with Crippen molar-refractivity contribution in [3.8, 4) is 0 Å². The highest BCUT2D eigenvalue weighted by Crippen LogP contribution is 2.26. The first-order valence-electron chi connectivity index (χ1n) is 4.18. The molecule has 1 aromatic heterocycles. The Morgan fingerprint density at radius 3 is 2.62 bits per heavy atom. The zero-order valence-electron chi connectivity index (χ0n) is 8.42. The summed E-state index contributed by atoms with van der Waals surface area (Å²) < 4.78 is 40.9. The van der Waals surface area contributed by atoms with Gasteiger partial charge in [0.1, 0.15) is 6.10 Å². The largest absolute Gasteiger partial charge is 0.451 e. The van der Waals surface area contributed by atoms with Crippen LogP contribution in [-0.2, 0) is 15.7 Å². The molecule has 0 bridgehead atoms. The average Bonchev–Trinajstić information content (AvgIpc) is 2.64. The fraction of sp³-hybridized carbons (Fsp3) is 0.571. The molecule has 0 aliphatic rings. The van der Waals surface area contributed by atoms with E-state index >= 15 is 0 Å². The van der Waals surface area contributed by atoms with Gasteiger partial charge in [-0.05, 0) is 6.92 Å². The van der Waals surface area contributed by atoms with Gasteiger partial charge in [0.25, 0.3) is 5.91 Å². The number of aromatic amines is 1. The van der Waals surface area contributed by atoms with E-state index in [-0.39, 0.29) is 0 Å². The van der Waals surface area contributed by atoms with Crippen molar-refractivity contribution in [2.45, 2.75) is 19.2 Å². The second-order valence-electron chi connectivity index (χ2n) is 2.87. The monoisotopic (exact) mass is 238 g/mol. The Bertz CT molecular complexity index is 376. The fourth-order valence-electron chi connectivity index (χ4n) is 0.763. The molecule has 0 saturated carbocycles. The molecule has 0 aliphatic heterocycles. The van der Waals surface area contributed by atoms with Gasteiger partial charge in [0.15, 0.2) is 0 Å². The number of H-pyrrole nitrogens is 1. The highest BCUT2D eigenvalue weighted by Gasteiger charge is 2.35. The van der Waals surface area contributed by atoms with Crippen LogP contribution in [0.1, 0.15) is 12.7 Å². The molecule has 1 atom stereocenters. The molecule has 0 fully saturated rings. The molecule has 2 N–H and O–H groups in total. The molecule has 1 unspecified atom stereocenters. The molecule has 1 rings (SSSR count). The average molecular weight is 238 g/mol. The fourth-order valence-corrected chi connectivity index (χ4v) is 0.763. The minimum absolute atomic E-state index is 0.443. The molecule has 0 spiro atoms. The molecule has 6 nitrogen and oxygen atoms in total. The summed E-state index contributed by atoms with van der Waals surface area (Å²) in [6, 6.07) is 0. The predicted molar refractivity (Wildman–Crippen MR) is 46.5 cm³/mol. The number of anilines is 1. The van der Waals surface area contributed by atoms with Crippen LogP contribution in [0.5, 0.6) is 0 Å². The van der Waals surface area contributed by atoms with E-state index in [9.17, 15) is 18.0 Å². The molecule has 1 amide bonds. The van der Waals surface area contributed by atoms with E-state index in [4.69, 9.17) is 0 Å². The van der Waals surface area contributed by atoms with Gasteiger partial charge < -0.3 is 4.74 Å². The van der Waals surface area contributed by atoms with Crippen LogP contribution in [0.3, 0.4) is 0 Å². The van der Waals surface area contributed by atoms with Crippen LogP contribution in [-0.4, -0.2) is 34.3 Å². The van der Waals surface area contributed by atoms with Crippen molar-refractivity contribution in [2.24, 2.45) is 0 Å². The zero-order chi connectivity index (χ0) is 12.3. The van der Waals surface area contributed by atoms with Gasteiger partial charge in [-0.3, -0.25) is 15.2 Å². The molecule has 1 heterocycles. The molecule has 16 heavy (non-hydrogen) atoms. The number of hydrogen-bond acceptors (Lipinski definition) is 4. The number of hydrogen-bond donors (Lipinski definition) is 2. The molecule has 90 valence electrons. The summed E-state index contributed by atoms with van der Waals surface area (Å²) in [4.78, 5) is 14.3. The van der Waals surface area contributed by atoms with Crippen LogP contribution in [0.2, 0.25) is 0 Å². The summed E-state index contributed by atoms with van der Waals surface area (Å²) in [7, 11) is 1.30. The third-order valence-corrected chi connectivity index (χ3v) is 1.71. The molecule has 0 radical (unpaired) electrons. The molecule has 0 aromatic carbocycles. The van der Waals surface area contributed by atoms with Crippen molar-refractivity contribution < 1.29 is 22.7 Å². The SMILES string of the molecule is COC(C)C(=O)Nc1n[nH]c(C(F)(F)F)n1. The smallest absolute Gasteiger partial charge is 0.372 e. The third-order valence-electron chi connectivity index (χ3n) is 1.71. The summed E-state index contributed by atoms with van der Waals surface area (Å²) in [5, 5.41) is 6.93. The zero-order valence-corrected chi connectivity index (χ0v) is 8.42. The number of carbonyl (C=O) groups excluding carboxylic acids is 1. The van der Waals surface area contributed by atoms with Crippen molar-refractivity contribution in [3.05, 3.63) is 5.82 Å². The predicted octanol–water partition coefficient (Wildman–Crippen LogP) is 0.797. The summed E-state index contributed by atoms with van der Waals surface area (Å²) in [6.45, 7) is 1.44. The van der Waals surface area contributed by atoms with Gasteiger partial charge >= 0.3 is 6.18 Å². The second-order valence-corrected chi connectivity index (χ2v) is 2.87. The Labute approximate surface area is 88.2 Å². The molecule has 1 aromatic rings. The van der Waals surface area contributed by atoms with Crippen LogP contribution in [0, 0.1) is 0 Å². The minimum Gasteiger partial charge on any atom is -0.372 e. The Hall–Kier alpha value is -1.64. The van der Waals surface area contributed by atoms with Gasteiger partial charge in [-0.2, -0.15) is 18.2 Å². The normalized spacial score (nSPS) is 13.6. The first-order chi connectivity index (χ1) is 7.34. The highest BCUT2D eigenvalue weighted by atomic mass is 19.4. The van der Waals surface area contributed by atoms with Crippen LogP contribution >= 0.6 is 0 Å². The van der Waals surface area contributed by atoms with Gasteiger partial charge in [0.2, 0.25) is 11.8 Å². The van der Waals surface area contributed by atoms with E-state index in [1.54, 1.807) is 5.10 Å². The van der Waals surface area contributed by atoms with Crippen molar-refractivity contribution in [2.75, 3.05) is 12.4 Å². The van der Waals surface area contributed by atoms with E-state index < -0.39 is 30.0 Å². The number of rotatable bonds is 3. The molecular weight excluding hydrogens is 229 g/mol. The topological polar surface area (TPSA) is 79.9 Å². The van der Waals surface area contributed by atoms with Gasteiger partial charge in [-0.1, -0.05) is 0 Å². The number of carbonyl (C=O) groups is 1. The molecule has 0 aliphatic carbocycles. The minimum atomic E-state index is -4.62. The van der Waals surface area contributed by atoms with Crippen molar-refractivity contribution >= 4 is 11.9 Å². The third kappa shape index (κ3) is 2.92. The standard InChI is InChI=1S/C7H9F3N4O2/c1-3(16-2)4(15)11-6-12-5(13-14-6)7(8,9)10/h3H,1-2H3,(H2,11,12,13,14,15). The Morgan fingerprint density at radius 2 is 2.19 bits per heavy atom. The number of amides is 1. The van der Waals surface area contributed by atoms with Crippen LogP contribution in [0.15, 0.2) is 0 Å². The first-order valence-corrected chi connectivity index (χ1v) is 4.18. The number of ether oxygens (including phenoxy) is 1. The Balaban J connectivity index is 2.70. The van der Waals surface area contributed by atoms with Crippen LogP contribution in [0.25, 0.3) is 0 Å². The second kappa shape index (κ2) is 4.47. The lowest BCUT2D eigenvalue weighted by Gasteiger charge is -2.06. The van der Waals surface area contributed by atoms with Gasteiger partial charge in [0.05, 0.1) is 0 Å². The summed E-state index contributed by atoms with van der Waals surface area (Å²) in [5.41, 5.74) is 0. The molecular formula is C7H9F3N4O2. The van der Waals surface area contributed by atoms with E-state index in [0.29, 0.717) is 0 Å². The summed E-state index contributed by atoms with van der Waals surface area (Å²) >= 11 is 0. The van der Waals surface area contributed by atoms with Crippen molar-refractivity contribution in [1.82, 2.24) is 15.2 Å². The quantitative estimate of drug-likeness (QED) is 0.816. The maximum Gasteiger partial charge on any atom is 0.451 e. The summed E-state index contributed by atoms with van der Waals surface area (Å²) in [5.74, 6) is -2.34. The lowest BCUT2D eigenvalue weighted by Crippen LogP contribution is -2.27. The van der Waals surface area contributed by atoms with Crippen molar-refractivity contribution in [1.29, 1.82) is 0 Å². The lowest BCUT2D eigenvalue weighted by atomic mass is 10.4. The first kappa shape index (κ1) is 12.4. The van der Waals surface area contributed by atoms with Gasteiger partial charge in [-0.25, -0.2) is 0 Å². The van der Waals surface area contributed by atoms with E-state index in [0.717, 1.165) is 0 Å². The number of nitrogens with zero attached hydrogens (tertiary/aromatic N) is 2. The molecule has 9 heteroatoms. The van der Waals surface area contributed by atoms with Crippen molar-refractivity contribution in [3.63, 3.8) is 0 Å². The number of halogens is 3. The summed E-state index contributed by atoms with van der Waals surface area (Å²) in [6.07, 6.45) is -5.42. The highest BCUT2D eigenvalue weighted by molar-refractivity contribution is 5.92. The van der Waals surface area contributed by atoms with E-state index in [1.165, 1.54) is 14.0 Å². The van der Waals surface area contributed by atoms with Gasteiger partial charge in [0, 0.05) is 7.11 Å². The number of methoxy groups -OCH3 is 1. The number of alkyl halides is 3. The maximum atomic E-state index is 12.1. The lowest BCUT2D eigenvalue weighted by molar-refractivity contribution is -0.144. The van der Waals surface area contributed by atoms with Crippen LogP contribution in [0.4, 0.5) is 19.1 Å². The number of aromatic nitrogens is 3. The van der Waals surface area contributed by atoms with Crippen LogP contribution < -0.4 is 5.32 Å². The maximum absolute atomic E-state index is 12.1. The number of nitrogens with one attached hydrogen (secondary N) is 2. The molecule has 0 saturated heterocycles. The Kier molecular flexibility index (Phi) is 3.48.